The highest BCUT2D eigenvalue weighted by Crippen LogP contribution is 2.13. The van der Waals surface area contributed by atoms with Crippen molar-refractivity contribution in [3.63, 3.8) is 0 Å². The van der Waals surface area contributed by atoms with E-state index in [0.29, 0.717) is 23.7 Å². The van der Waals surface area contributed by atoms with Crippen LogP contribution in [0.3, 0.4) is 0 Å². The molecular formula is C10H14ClN3O. The van der Waals surface area contributed by atoms with E-state index in [-0.39, 0.29) is 0 Å². The molecule has 0 aliphatic carbocycles. The fourth-order valence-corrected chi connectivity index (χ4v) is 1.78. The van der Waals surface area contributed by atoms with Crippen molar-refractivity contribution in [3.8, 4) is 6.01 Å². The van der Waals surface area contributed by atoms with E-state index in [1.54, 1.807) is 12.3 Å². The van der Waals surface area contributed by atoms with Crippen molar-refractivity contribution in [2.45, 2.75) is 12.8 Å². The number of piperidine rings is 1. The molecule has 1 aliphatic rings. The van der Waals surface area contributed by atoms with Gasteiger partial charge in [0.05, 0.1) is 6.61 Å². The molecule has 0 saturated carbocycles. The minimum atomic E-state index is 0.369. The fraction of sp³-hybridized carbons (Fsp3) is 0.600. The molecular weight excluding hydrogens is 214 g/mol. The highest BCUT2D eigenvalue weighted by Gasteiger charge is 2.13. The maximum absolute atomic E-state index is 5.72. The summed E-state index contributed by atoms with van der Waals surface area (Å²) in [5.41, 5.74) is 0. The van der Waals surface area contributed by atoms with Crippen LogP contribution >= 0.6 is 11.6 Å². The fourth-order valence-electron chi connectivity index (χ4n) is 1.65. The first-order valence-corrected chi connectivity index (χ1v) is 5.54. The van der Waals surface area contributed by atoms with Crippen LogP contribution < -0.4 is 10.1 Å². The molecule has 82 valence electrons. The molecule has 5 heteroatoms. The van der Waals surface area contributed by atoms with Gasteiger partial charge in [-0.25, -0.2) is 4.98 Å². The summed E-state index contributed by atoms with van der Waals surface area (Å²) in [4.78, 5) is 7.96. The number of rotatable bonds is 3. The highest BCUT2D eigenvalue weighted by atomic mass is 35.5. The zero-order chi connectivity index (χ0) is 10.5. The number of hydrogen-bond donors (Lipinski definition) is 1. The normalized spacial score (nSPS) is 21.3. The van der Waals surface area contributed by atoms with Crippen LogP contribution in [-0.2, 0) is 0 Å². The van der Waals surface area contributed by atoms with Crippen LogP contribution in [-0.4, -0.2) is 29.7 Å². The summed E-state index contributed by atoms with van der Waals surface area (Å²) in [6, 6.07) is 2.00. The van der Waals surface area contributed by atoms with Gasteiger partial charge in [-0.1, -0.05) is 11.6 Å². The SMILES string of the molecule is Clc1ccnc(OC[C@H]2CCCNC2)n1. The lowest BCUT2D eigenvalue weighted by Gasteiger charge is -2.22. The maximum atomic E-state index is 5.72. The van der Waals surface area contributed by atoms with Crippen LogP contribution in [0.5, 0.6) is 6.01 Å². The first-order chi connectivity index (χ1) is 7.34. The second kappa shape index (κ2) is 5.28. The summed E-state index contributed by atoms with van der Waals surface area (Å²) in [6.07, 6.45) is 4.02. The zero-order valence-corrected chi connectivity index (χ0v) is 9.20. The molecule has 1 aromatic rings. The van der Waals surface area contributed by atoms with Gasteiger partial charge in [0.25, 0.3) is 0 Å². The summed E-state index contributed by atoms with van der Waals surface area (Å²) < 4.78 is 5.48. The van der Waals surface area contributed by atoms with Crippen molar-refractivity contribution >= 4 is 11.6 Å². The van der Waals surface area contributed by atoms with Gasteiger partial charge in [0.2, 0.25) is 0 Å². The van der Waals surface area contributed by atoms with Crippen molar-refractivity contribution in [2.24, 2.45) is 5.92 Å². The monoisotopic (exact) mass is 227 g/mol. The molecule has 2 rings (SSSR count). The van der Waals surface area contributed by atoms with Gasteiger partial charge in [-0.05, 0) is 25.5 Å². The number of aromatic nitrogens is 2. The number of nitrogens with zero attached hydrogens (tertiary/aromatic N) is 2. The number of hydrogen-bond acceptors (Lipinski definition) is 4. The second-order valence-electron chi connectivity index (χ2n) is 3.69. The van der Waals surface area contributed by atoms with Gasteiger partial charge in [-0.3, -0.25) is 0 Å². The Hall–Kier alpha value is -0.870. The van der Waals surface area contributed by atoms with E-state index in [4.69, 9.17) is 16.3 Å². The summed E-state index contributed by atoms with van der Waals surface area (Å²) in [7, 11) is 0. The smallest absolute Gasteiger partial charge is 0.317 e. The lowest BCUT2D eigenvalue weighted by atomic mass is 10.0. The van der Waals surface area contributed by atoms with E-state index < -0.39 is 0 Å². The molecule has 1 aliphatic heterocycles. The Morgan fingerprint density at radius 1 is 1.60 bits per heavy atom. The average molecular weight is 228 g/mol. The minimum Gasteiger partial charge on any atom is -0.463 e. The van der Waals surface area contributed by atoms with Gasteiger partial charge in [0, 0.05) is 18.7 Å². The van der Waals surface area contributed by atoms with E-state index in [9.17, 15) is 0 Å². The van der Waals surface area contributed by atoms with Gasteiger partial charge >= 0.3 is 6.01 Å². The topological polar surface area (TPSA) is 47.0 Å². The standard InChI is InChI=1S/C10H14ClN3O/c11-9-3-5-13-10(14-9)15-7-8-2-1-4-12-6-8/h3,5,8,12H,1-2,4,6-7H2/t8-/m0/s1. The van der Waals surface area contributed by atoms with Crippen molar-refractivity contribution in [3.05, 3.63) is 17.4 Å². The molecule has 1 fully saturated rings. The van der Waals surface area contributed by atoms with Crippen LogP contribution in [0.2, 0.25) is 5.15 Å². The predicted molar refractivity (Wildman–Crippen MR) is 58.1 cm³/mol. The maximum Gasteiger partial charge on any atom is 0.317 e. The molecule has 1 atom stereocenters. The molecule has 0 bridgehead atoms. The van der Waals surface area contributed by atoms with Gasteiger partial charge in [0.15, 0.2) is 0 Å². The third-order valence-corrected chi connectivity index (χ3v) is 2.66. The summed E-state index contributed by atoms with van der Waals surface area (Å²) in [5, 5.41) is 3.75. The van der Waals surface area contributed by atoms with E-state index in [1.807, 2.05) is 0 Å². The molecule has 1 saturated heterocycles. The van der Waals surface area contributed by atoms with Gasteiger partial charge in [0.1, 0.15) is 5.15 Å². The van der Waals surface area contributed by atoms with Gasteiger partial charge in [-0.15, -0.1) is 0 Å². The summed E-state index contributed by atoms with van der Waals surface area (Å²) in [5.74, 6) is 0.557. The third kappa shape index (κ3) is 3.32. The molecule has 15 heavy (non-hydrogen) atoms. The molecule has 0 unspecified atom stereocenters. The quantitative estimate of drug-likeness (QED) is 0.796. The highest BCUT2D eigenvalue weighted by molar-refractivity contribution is 6.29. The first-order valence-electron chi connectivity index (χ1n) is 5.16. The minimum absolute atomic E-state index is 0.369. The Morgan fingerprint density at radius 2 is 2.53 bits per heavy atom. The molecule has 0 spiro atoms. The number of nitrogens with one attached hydrogen (secondary N) is 1. The molecule has 1 N–H and O–H groups in total. The van der Waals surface area contributed by atoms with Crippen molar-refractivity contribution < 1.29 is 4.74 Å². The molecule has 1 aromatic heterocycles. The summed E-state index contributed by atoms with van der Waals surface area (Å²) >= 11 is 5.72. The van der Waals surface area contributed by atoms with Crippen LogP contribution in [0.4, 0.5) is 0 Å². The van der Waals surface area contributed by atoms with Crippen LogP contribution in [0.15, 0.2) is 12.3 Å². The largest absolute Gasteiger partial charge is 0.463 e. The average Bonchev–Trinajstić information content (AvgIpc) is 2.28. The predicted octanol–water partition coefficient (Wildman–Crippen LogP) is 1.51. The van der Waals surface area contributed by atoms with Crippen molar-refractivity contribution in [2.75, 3.05) is 19.7 Å². The van der Waals surface area contributed by atoms with Gasteiger partial charge < -0.3 is 10.1 Å². The third-order valence-electron chi connectivity index (χ3n) is 2.45. The van der Waals surface area contributed by atoms with E-state index >= 15 is 0 Å². The van der Waals surface area contributed by atoms with Gasteiger partial charge in [-0.2, -0.15) is 4.98 Å². The lowest BCUT2D eigenvalue weighted by molar-refractivity contribution is 0.205. The summed E-state index contributed by atoms with van der Waals surface area (Å²) in [6.45, 7) is 2.79. The first kappa shape index (κ1) is 10.6. The zero-order valence-electron chi connectivity index (χ0n) is 8.45. The lowest BCUT2D eigenvalue weighted by Crippen LogP contribution is -2.33. The Kier molecular flexibility index (Phi) is 3.75. The van der Waals surface area contributed by atoms with Crippen LogP contribution in [0.1, 0.15) is 12.8 Å². The Labute approximate surface area is 94.0 Å². The van der Waals surface area contributed by atoms with E-state index in [0.717, 1.165) is 13.1 Å². The van der Waals surface area contributed by atoms with Crippen LogP contribution in [0.25, 0.3) is 0 Å². The van der Waals surface area contributed by atoms with Crippen molar-refractivity contribution in [1.82, 2.24) is 15.3 Å². The number of halogens is 1. The Morgan fingerprint density at radius 3 is 3.27 bits per heavy atom. The van der Waals surface area contributed by atoms with E-state index in [1.165, 1.54) is 12.8 Å². The molecule has 4 nitrogen and oxygen atoms in total. The molecule has 2 heterocycles. The Bertz CT molecular complexity index is 315. The molecule has 0 amide bonds. The molecule has 0 aromatic carbocycles. The second-order valence-corrected chi connectivity index (χ2v) is 4.07. The van der Waals surface area contributed by atoms with Crippen LogP contribution in [0, 0.1) is 5.92 Å². The number of ether oxygens (including phenoxy) is 1. The Balaban J connectivity index is 1.81. The van der Waals surface area contributed by atoms with E-state index in [2.05, 4.69) is 15.3 Å². The molecule has 0 radical (unpaired) electrons. The van der Waals surface area contributed by atoms with Crippen molar-refractivity contribution in [1.29, 1.82) is 0 Å².